The van der Waals surface area contributed by atoms with Gasteiger partial charge in [-0.2, -0.15) is 5.10 Å². The second-order valence-corrected chi connectivity index (χ2v) is 7.50. The molecule has 1 fully saturated rings. The lowest BCUT2D eigenvalue weighted by atomic mass is 9.95. The van der Waals surface area contributed by atoms with Gasteiger partial charge in [0.1, 0.15) is 5.69 Å². The molecule has 1 unspecified atom stereocenters. The second kappa shape index (κ2) is 7.83. The van der Waals surface area contributed by atoms with E-state index >= 15 is 0 Å². The summed E-state index contributed by atoms with van der Waals surface area (Å²) >= 11 is 0. The van der Waals surface area contributed by atoms with Crippen molar-refractivity contribution in [2.45, 2.75) is 51.1 Å². The molecule has 1 aliphatic heterocycles. The molecule has 1 aromatic heterocycles. The van der Waals surface area contributed by atoms with Gasteiger partial charge in [0.25, 0.3) is 5.91 Å². The molecule has 5 nitrogen and oxygen atoms in total. The normalized spacial score (nSPS) is 18.1. The zero-order valence-electron chi connectivity index (χ0n) is 15.2. The molecular formula is C20H28N4O. The van der Waals surface area contributed by atoms with Gasteiger partial charge >= 0.3 is 0 Å². The van der Waals surface area contributed by atoms with Crippen molar-refractivity contribution in [2.75, 3.05) is 13.1 Å². The third-order valence-electron chi connectivity index (χ3n) is 4.82. The highest BCUT2D eigenvalue weighted by molar-refractivity contribution is 5.92. The topological polar surface area (TPSA) is 59.0 Å². The molecular weight excluding hydrogens is 312 g/mol. The molecule has 0 bridgehead atoms. The van der Waals surface area contributed by atoms with Gasteiger partial charge in [-0.05, 0) is 57.7 Å². The highest BCUT2D eigenvalue weighted by atomic mass is 16.2. The van der Waals surface area contributed by atoms with Crippen LogP contribution in [0.25, 0.3) is 0 Å². The van der Waals surface area contributed by atoms with Crippen LogP contribution in [-0.2, 0) is 6.42 Å². The highest BCUT2D eigenvalue weighted by Crippen LogP contribution is 2.17. The van der Waals surface area contributed by atoms with Crippen LogP contribution in [0.1, 0.15) is 55.2 Å². The number of aryl methyl sites for hydroxylation is 1. The van der Waals surface area contributed by atoms with Crippen LogP contribution >= 0.6 is 0 Å². The number of aromatic nitrogens is 2. The van der Waals surface area contributed by atoms with Gasteiger partial charge in [0.05, 0.1) is 6.04 Å². The van der Waals surface area contributed by atoms with Gasteiger partial charge < -0.3 is 10.6 Å². The number of nitrogens with zero attached hydrogens (tertiary/aromatic N) is 2. The van der Waals surface area contributed by atoms with E-state index in [4.69, 9.17) is 0 Å². The number of nitrogens with one attached hydrogen (secondary N) is 2. The Hall–Kier alpha value is -2.14. The summed E-state index contributed by atoms with van der Waals surface area (Å²) in [5, 5.41) is 11.0. The summed E-state index contributed by atoms with van der Waals surface area (Å²) in [4.78, 5) is 12.6. The Morgan fingerprint density at radius 1 is 1.32 bits per heavy atom. The molecule has 2 N–H and O–H groups in total. The fourth-order valence-electron chi connectivity index (χ4n) is 3.26. The number of carbonyl (C=O) groups is 1. The van der Waals surface area contributed by atoms with Crippen molar-refractivity contribution in [3.05, 3.63) is 53.9 Å². The minimum atomic E-state index is -0.275. The van der Waals surface area contributed by atoms with Crippen LogP contribution in [0.15, 0.2) is 42.6 Å². The summed E-state index contributed by atoms with van der Waals surface area (Å²) in [6.07, 6.45) is 6.01. The molecule has 1 atom stereocenters. The summed E-state index contributed by atoms with van der Waals surface area (Å²) in [7, 11) is 0. The summed E-state index contributed by atoms with van der Waals surface area (Å²) < 4.78 is 1.93. The fraction of sp³-hybridized carbons (Fsp3) is 0.500. The number of piperidine rings is 1. The maximum Gasteiger partial charge on any atom is 0.272 e. The minimum Gasteiger partial charge on any atom is -0.346 e. The molecule has 0 aliphatic carbocycles. The molecule has 0 saturated carbocycles. The zero-order valence-corrected chi connectivity index (χ0v) is 15.2. The largest absolute Gasteiger partial charge is 0.346 e. The first-order valence-corrected chi connectivity index (χ1v) is 9.16. The van der Waals surface area contributed by atoms with Gasteiger partial charge in [0.2, 0.25) is 0 Å². The predicted octanol–water partition coefficient (Wildman–Crippen LogP) is 2.95. The number of amides is 1. The Labute approximate surface area is 149 Å². The molecule has 25 heavy (non-hydrogen) atoms. The molecule has 0 radical (unpaired) electrons. The van der Waals surface area contributed by atoms with Crippen LogP contribution in [0.5, 0.6) is 0 Å². The number of hydrogen-bond acceptors (Lipinski definition) is 3. The van der Waals surface area contributed by atoms with E-state index in [0.29, 0.717) is 11.7 Å². The molecule has 134 valence electrons. The van der Waals surface area contributed by atoms with Gasteiger partial charge in [0, 0.05) is 18.3 Å². The zero-order chi connectivity index (χ0) is 17.7. The number of rotatable bonds is 6. The minimum absolute atomic E-state index is 0.0967. The average Bonchev–Trinajstić information content (AvgIpc) is 3.12. The van der Waals surface area contributed by atoms with Gasteiger partial charge in [-0.25, -0.2) is 0 Å². The standard InChI is InChI=1S/C20H28N4O/c1-20(2,12-10-16-7-4-3-5-8-16)22-19(25)18-11-14-24(23-18)17-9-6-13-21-15-17/h3-5,7-8,11,14,17,21H,6,9-10,12-13,15H2,1-2H3,(H,22,25). The summed E-state index contributed by atoms with van der Waals surface area (Å²) in [6.45, 7) is 6.12. The molecule has 1 amide bonds. The van der Waals surface area contributed by atoms with E-state index < -0.39 is 0 Å². The Kier molecular flexibility index (Phi) is 5.53. The van der Waals surface area contributed by atoms with E-state index in [1.165, 1.54) is 5.56 Å². The number of hydrogen-bond donors (Lipinski definition) is 2. The van der Waals surface area contributed by atoms with Crippen LogP contribution in [0.2, 0.25) is 0 Å². The van der Waals surface area contributed by atoms with Crippen LogP contribution in [0.4, 0.5) is 0 Å². The first-order valence-electron chi connectivity index (χ1n) is 9.16. The first kappa shape index (κ1) is 17.7. The molecule has 1 aliphatic rings. The number of benzene rings is 1. The van der Waals surface area contributed by atoms with E-state index in [-0.39, 0.29) is 11.4 Å². The maximum atomic E-state index is 12.6. The molecule has 0 spiro atoms. The Bertz CT molecular complexity index is 687. The average molecular weight is 340 g/mol. The lowest BCUT2D eigenvalue weighted by Gasteiger charge is -2.26. The molecule has 3 rings (SSSR count). The summed E-state index contributed by atoms with van der Waals surface area (Å²) in [5.41, 5.74) is 1.51. The second-order valence-electron chi connectivity index (χ2n) is 7.50. The van der Waals surface area contributed by atoms with Crippen molar-refractivity contribution >= 4 is 5.91 Å². The molecule has 5 heteroatoms. The van der Waals surface area contributed by atoms with E-state index in [2.05, 4.69) is 41.7 Å². The Morgan fingerprint density at radius 3 is 2.84 bits per heavy atom. The Morgan fingerprint density at radius 2 is 2.12 bits per heavy atom. The SMILES string of the molecule is CC(C)(CCc1ccccc1)NC(=O)c1ccn(C2CCCNC2)n1. The van der Waals surface area contributed by atoms with Crippen LogP contribution in [0, 0.1) is 0 Å². The molecule has 1 saturated heterocycles. The van der Waals surface area contributed by atoms with Crippen LogP contribution < -0.4 is 10.6 Å². The molecule has 2 aromatic rings. The van der Waals surface area contributed by atoms with E-state index in [9.17, 15) is 4.79 Å². The third kappa shape index (κ3) is 4.92. The third-order valence-corrected chi connectivity index (χ3v) is 4.82. The monoisotopic (exact) mass is 340 g/mol. The summed E-state index contributed by atoms with van der Waals surface area (Å²) in [6, 6.07) is 12.5. The predicted molar refractivity (Wildman–Crippen MR) is 99.7 cm³/mol. The summed E-state index contributed by atoms with van der Waals surface area (Å²) in [5.74, 6) is -0.0967. The smallest absolute Gasteiger partial charge is 0.272 e. The van der Waals surface area contributed by atoms with Crippen molar-refractivity contribution < 1.29 is 4.79 Å². The maximum absolute atomic E-state index is 12.6. The fourth-order valence-corrected chi connectivity index (χ4v) is 3.26. The first-order chi connectivity index (χ1) is 12.0. The van der Waals surface area contributed by atoms with Gasteiger partial charge in [-0.3, -0.25) is 9.48 Å². The van der Waals surface area contributed by atoms with Crippen LogP contribution in [-0.4, -0.2) is 34.3 Å². The Balaban J connectivity index is 1.56. The van der Waals surface area contributed by atoms with Gasteiger partial charge in [0.15, 0.2) is 0 Å². The van der Waals surface area contributed by atoms with Crippen molar-refractivity contribution in [1.29, 1.82) is 0 Å². The molecule has 1 aromatic carbocycles. The van der Waals surface area contributed by atoms with Crippen molar-refractivity contribution in [2.24, 2.45) is 0 Å². The molecule has 2 heterocycles. The van der Waals surface area contributed by atoms with E-state index in [0.717, 1.165) is 38.8 Å². The van der Waals surface area contributed by atoms with Crippen molar-refractivity contribution in [3.8, 4) is 0 Å². The van der Waals surface area contributed by atoms with E-state index in [1.54, 1.807) is 0 Å². The van der Waals surface area contributed by atoms with Crippen molar-refractivity contribution in [1.82, 2.24) is 20.4 Å². The quantitative estimate of drug-likeness (QED) is 0.850. The number of carbonyl (C=O) groups excluding carboxylic acids is 1. The van der Waals surface area contributed by atoms with E-state index in [1.807, 2.05) is 35.1 Å². The van der Waals surface area contributed by atoms with Crippen molar-refractivity contribution in [3.63, 3.8) is 0 Å². The van der Waals surface area contributed by atoms with Gasteiger partial charge in [-0.15, -0.1) is 0 Å². The van der Waals surface area contributed by atoms with Gasteiger partial charge in [-0.1, -0.05) is 30.3 Å². The lowest BCUT2D eigenvalue weighted by Crippen LogP contribution is -2.44. The lowest BCUT2D eigenvalue weighted by molar-refractivity contribution is 0.0903. The van der Waals surface area contributed by atoms with Crippen LogP contribution in [0.3, 0.4) is 0 Å². The highest BCUT2D eigenvalue weighted by Gasteiger charge is 2.23.